The summed E-state index contributed by atoms with van der Waals surface area (Å²) in [5.41, 5.74) is 2.25. The fourth-order valence-electron chi connectivity index (χ4n) is 3.65. The molecular formula is C21H25N3OS2. The van der Waals surface area contributed by atoms with Gasteiger partial charge in [-0.05, 0) is 17.9 Å². The lowest BCUT2D eigenvalue weighted by Crippen LogP contribution is -2.52. The van der Waals surface area contributed by atoms with E-state index in [1.165, 1.54) is 15.4 Å². The molecule has 1 aliphatic heterocycles. The van der Waals surface area contributed by atoms with Gasteiger partial charge in [0, 0.05) is 54.6 Å². The van der Waals surface area contributed by atoms with Crippen molar-refractivity contribution in [3.05, 3.63) is 63.1 Å². The van der Waals surface area contributed by atoms with Crippen molar-refractivity contribution in [2.24, 2.45) is 0 Å². The topological polar surface area (TPSA) is 39.6 Å². The number of piperazine rings is 1. The molecule has 1 N–H and O–H groups in total. The number of nitrogens with zero attached hydrogens (tertiary/aromatic N) is 3. The Labute approximate surface area is 168 Å². The van der Waals surface area contributed by atoms with Crippen molar-refractivity contribution < 1.29 is 5.11 Å². The van der Waals surface area contributed by atoms with Gasteiger partial charge in [-0.25, -0.2) is 4.98 Å². The van der Waals surface area contributed by atoms with Crippen LogP contribution in [0.3, 0.4) is 0 Å². The summed E-state index contributed by atoms with van der Waals surface area (Å²) in [4.78, 5) is 11.3. The number of benzene rings is 1. The highest BCUT2D eigenvalue weighted by molar-refractivity contribution is 7.10. The molecule has 1 aromatic carbocycles. The molecule has 0 radical (unpaired) electrons. The summed E-state index contributed by atoms with van der Waals surface area (Å²) in [6, 6.07) is 15.1. The second kappa shape index (κ2) is 9.08. The minimum atomic E-state index is 0.245. The van der Waals surface area contributed by atoms with E-state index in [1.807, 2.05) is 17.4 Å². The van der Waals surface area contributed by atoms with E-state index in [2.05, 4.69) is 57.0 Å². The third-order valence-electron chi connectivity index (χ3n) is 5.07. The van der Waals surface area contributed by atoms with Gasteiger partial charge in [0.15, 0.2) is 0 Å². The Balaban J connectivity index is 1.38. The van der Waals surface area contributed by atoms with Crippen LogP contribution < -0.4 is 0 Å². The smallest absolute Gasteiger partial charge is 0.107 e. The summed E-state index contributed by atoms with van der Waals surface area (Å²) in [7, 11) is 0. The molecule has 3 aromatic rings. The van der Waals surface area contributed by atoms with Crippen LogP contribution in [0.5, 0.6) is 0 Å². The molecule has 4 nitrogen and oxygen atoms in total. The summed E-state index contributed by atoms with van der Waals surface area (Å²) in [5.74, 6) is 0. The lowest BCUT2D eigenvalue weighted by atomic mass is 10.1. The predicted octanol–water partition coefficient (Wildman–Crippen LogP) is 3.94. The van der Waals surface area contributed by atoms with Gasteiger partial charge < -0.3 is 5.11 Å². The molecule has 4 rings (SSSR count). The zero-order chi connectivity index (χ0) is 18.5. The first kappa shape index (κ1) is 18.8. The van der Waals surface area contributed by atoms with Gasteiger partial charge in [-0.3, -0.25) is 9.80 Å². The number of thiophene rings is 1. The molecule has 0 unspecified atom stereocenters. The zero-order valence-electron chi connectivity index (χ0n) is 15.3. The van der Waals surface area contributed by atoms with Gasteiger partial charge in [0.1, 0.15) is 5.01 Å². The molecule has 6 heteroatoms. The van der Waals surface area contributed by atoms with Crippen molar-refractivity contribution in [1.82, 2.24) is 14.8 Å². The maximum absolute atomic E-state index is 9.51. The minimum Gasteiger partial charge on any atom is -0.396 e. The minimum absolute atomic E-state index is 0.245. The number of aromatic nitrogens is 1. The van der Waals surface area contributed by atoms with Crippen molar-refractivity contribution in [2.75, 3.05) is 26.2 Å². The molecule has 0 amide bonds. The van der Waals surface area contributed by atoms with Gasteiger partial charge in [0.05, 0.1) is 12.2 Å². The molecular weight excluding hydrogens is 374 g/mol. The number of aliphatic hydroxyl groups excluding tert-OH is 1. The molecule has 142 valence electrons. The van der Waals surface area contributed by atoms with Crippen molar-refractivity contribution in [3.63, 3.8) is 0 Å². The fourth-order valence-corrected chi connectivity index (χ4v) is 5.22. The molecule has 27 heavy (non-hydrogen) atoms. The van der Waals surface area contributed by atoms with Gasteiger partial charge in [-0.1, -0.05) is 36.4 Å². The molecule has 1 saturated heterocycles. The number of hydrogen-bond acceptors (Lipinski definition) is 6. The SMILES string of the molecule is OCC[C@@H]1CN(Cc2nc(-c3ccccc3)cs2)CCN1Cc1cccs1. The van der Waals surface area contributed by atoms with Crippen LogP contribution in [-0.4, -0.2) is 52.2 Å². The molecule has 0 saturated carbocycles. The molecule has 0 bridgehead atoms. The van der Waals surface area contributed by atoms with Crippen LogP contribution in [-0.2, 0) is 13.1 Å². The van der Waals surface area contributed by atoms with Crippen LogP contribution >= 0.6 is 22.7 Å². The monoisotopic (exact) mass is 399 g/mol. The highest BCUT2D eigenvalue weighted by Gasteiger charge is 2.27. The highest BCUT2D eigenvalue weighted by atomic mass is 32.1. The Hall–Kier alpha value is -1.57. The third-order valence-corrected chi connectivity index (χ3v) is 6.77. The van der Waals surface area contributed by atoms with Crippen molar-refractivity contribution in [1.29, 1.82) is 0 Å². The van der Waals surface area contributed by atoms with Gasteiger partial charge >= 0.3 is 0 Å². The van der Waals surface area contributed by atoms with E-state index in [4.69, 9.17) is 4.98 Å². The zero-order valence-corrected chi connectivity index (χ0v) is 17.0. The normalized spacial score (nSPS) is 18.8. The average Bonchev–Trinajstić information content (AvgIpc) is 3.37. The predicted molar refractivity (Wildman–Crippen MR) is 113 cm³/mol. The Morgan fingerprint density at radius 2 is 1.93 bits per heavy atom. The van der Waals surface area contributed by atoms with Crippen LogP contribution in [0, 0.1) is 0 Å². The Kier molecular flexibility index (Phi) is 6.32. The lowest BCUT2D eigenvalue weighted by molar-refractivity contribution is 0.0506. The first-order valence-electron chi connectivity index (χ1n) is 9.41. The average molecular weight is 400 g/mol. The molecule has 3 heterocycles. The van der Waals surface area contributed by atoms with E-state index >= 15 is 0 Å². The van der Waals surface area contributed by atoms with Gasteiger partial charge in [0.2, 0.25) is 0 Å². The quantitative estimate of drug-likeness (QED) is 0.653. The highest BCUT2D eigenvalue weighted by Crippen LogP contribution is 2.24. The van der Waals surface area contributed by atoms with Crippen molar-refractivity contribution in [3.8, 4) is 11.3 Å². The van der Waals surface area contributed by atoms with E-state index in [9.17, 15) is 5.11 Å². The number of aliphatic hydroxyl groups is 1. The summed E-state index contributed by atoms with van der Waals surface area (Å²) in [6.07, 6.45) is 0.828. The van der Waals surface area contributed by atoms with Gasteiger partial charge in [0.25, 0.3) is 0 Å². The van der Waals surface area contributed by atoms with Gasteiger partial charge in [-0.2, -0.15) is 0 Å². The summed E-state index contributed by atoms with van der Waals surface area (Å²) < 4.78 is 0. The van der Waals surface area contributed by atoms with Crippen molar-refractivity contribution >= 4 is 22.7 Å². The van der Waals surface area contributed by atoms with Crippen LogP contribution in [0.1, 0.15) is 16.3 Å². The van der Waals surface area contributed by atoms with E-state index in [0.717, 1.165) is 44.8 Å². The number of thiazole rings is 1. The summed E-state index contributed by atoms with van der Waals surface area (Å²) in [5, 5.41) is 15.0. The second-order valence-corrected chi connectivity index (χ2v) is 8.92. The standard InChI is InChI=1S/C21H25N3OS2/c25-11-8-18-13-23(9-10-24(18)14-19-7-4-12-26-19)15-21-22-20(16-27-21)17-5-2-1-3-6-17/h1-7,12,16,18,25H,8-11,13-15H2/t18-/m1/s1. The van der Waals surface area contributed by atoms with Crippen LogP contribution in [0.15, 0.2) is 53.2 Å². The van der Waals surface area contributed by atoms with E-state index < -0.39 is 0 Å². The molecule has 1 fully saturated rings. The van der Waals surface area contributed by atoms with E-state index in [0.29, 0.717) is 6.04 Å². The first-order valence-corrected chi connectivity index (χ1v) is 11.2. The Morgan fingerprint density at radius 3 is 2.70 bits per heavy atom. The first-order chi connectivity index (χ1) is 13.3. The van der Waals surface area contributed by atoms with Crippen LogP contribution in [0.2, 0.25) is 0 Å². The maximum Gasteiger partial charge on any atom is 0.107 e. The number of rotatable bonds is 7. The van der Waals surface area contributed by atoms with E-state index in [-0.39, 0.29) is 6.61 Å². The second-order valence-electron chi connectivity index (χ2n) is 6.94. The Bertz CT molecular complexity index is 819. The fraction of sp³-hybridized carbons (Fsp3) is 0.381. The van der Waals surface area contributed by atoms with Crippen molar-refractivity contribution in [2.45, 2.75) is 25.6 Å². The van der Waals surface area contributed by atoms with E-state index in [1.54, 1.807) is 11.3 Å². The Morgan fingerprint density at radius 1 is 1.04 bits per heavy atom. The number of hydrogen-bond donors (Lipinski definition) is 1. The molecule has 0 aliphatic carbocycles. The molecule has 1 atom stereocenters. The summed E-state index contributed by atoms with van der Waals surface area (Å²) in [6.45, 7) is 5.21. The molecule has 2 aromatic heterocycles. The lowest BCUT2D eigenvalue weighted by Gasteiger charge is -2.41. The van der Waals surface area contributed by atoms with Gasteiger partial charge in [-0.15, -0.1) is 22.7 Å². The molecule has 1 aliphatic rings. The van der Waals surface area contributed by atoms with Crippen LogP contribution in [0.4, 0.5) is 0 Å². The third kappa shape index (κ3) is 4.83. The molecule has 0 spiro atoms. The maximum atomic E-state index is 9.51. The largest absolute Gasteiger partial charge is 0.396 e. The van der Waals surface area contributed by atoms with Crippen LogP contribution in [0.25, 0.3) is 11.3 Å². The summed E-state index contributed by atoms with van der Waals surface area (Å²) >= 11 is 3.56.